The zero-order valence-corrected chi connectivity index (χ0v) is 28.9. The zero-order valence-electron chi connectivity index (χ0n) is 27.3. The van der Waals surface area contributed by atoms with Crippen LogP contribution in [0.15, 0.2) is 77.7 Å². The molecule has 51 heavy (non-hydrogen) atoms. The number of likely N-dealkylation sites (tertiary alicyclic amines) is 1. The first-order valence-electron chi connectivity index (χ1n) is 16.4. The Morgan fingerprint density at radius 3 is 2.12 bits per heavy atom. The van der Waals surface area contributed by atoms with Crippen molar-refractivity contribution in [3.63, 3.8) is 0 Å². The summed E-state index contributed by atoms with van der Waals surface area (Å²) in [5, 5.41) is 0.364. The van der Waals surface area contributed by atoms with E-state index in [1.54, 1.807) is 0 Å². The lowest BCUT2D eigenvalue weighted by atomic mass is 9.90. The monoisotopic (exact) mass is 757 g/mol. The summed E-state index contributed by atoms with van der Waals surface area (Å²) in [4.78, 5) is 30.6. The quantitative estimate of drug-likeness (QED) is 0.164. The van der Waals surface area contributed by atoms with Gasteiger partial charge in [-0.2, -0.15) is 22.0 Å². The van der Waals surface area contributed by atoms with Gasteiger partial charge in [-0.25, -0.2) is 13.2 Å². The van der Waals surface area contributed by atoms with Crippen LogP contribution in [0.2, 0.25) is 5.02 Å². The molecule has 0 unspecified atom stereocenters. The third kappa shape index (κ3) is 9.18. The molecule has 2 fully saturated rings. The highest BCUT2D eigenvalue weighted by Crippen LogP contribution is 2.41. The average Bonchev–Trinajstić information content (AvgIpc) is 3.11. The molecule has 1 saturated heterocycles. The van der Waals surface area contributed by atoms with E-state index in [1.807, 2.05) is 0 Å². The smallest absolute Gasteiger partial charge is 0.492 e. The van der Waals surface area contributed by atoms with Crippen LogP contribution in [0.3, 0.4) is 0 Å². The Labute approximate surface area is 297 Å². The molecule has 276 valence electrons. The SMILES string of the molecule is NC1CCN(C(=O)[C@@H](N(OC(=O)C(F)(F)F)S(=O)(=O)c2ccc(OCC3CCCCC3)cc2)C(F)(F)c2cccc(-c3ccc(Cl)cc3)c2)CC1. The summed E-state index contributed by atoms with van der Waals surface area (Å²) in [5.74, 6) is -8.77. The van der Waals surface area contributed by atoms with Crippen LogP contribution in [0, 0.1) is 5.92 Å². The number of piperidine rings is 1. The Kier molecular flexibility index (Phi) is 11.9. The van der Waals surface area contributed by atoms with Gasteiger partial charge in [-0.1, -0.05) is 61.2 Å². The number of carbonyl (C=O) groups excluding carboxylic acids is 2. The normalized spacial score (nSPS) is 17.3. The van der Waals surface area contributed by atoms with Crippen molar-refractivity contribution in [2.75, 3.05) is 19.7 Å². The number of benzene rings is 3. The largest absolute Gasteiger partial charge is 0.493 e. The maximum absolute atomic E-state index is 17.0. The number of hydrogen-bond donors (Lipinski definition) is 1. The van der Waals surface area contributed by atoms with E-state index in [1.165, 1.54) is 48.5 Å². The molecule has 0 radical (unpaired) electrons. The summed E-state index contributed by atoms with van der Waals surface area (Å²) in [6.07, 6.45) is -0.376. The molecule has 1 saturated carbocycles. The third-order valence-corrected chi connectivity index (χ3v) is 10.9. The molecule has 2 aliphatic rings. The number of nitrogens with two attached hydrogens (primary N) is 1. The molecule has 1 amide bonds. The van der Waals surface area contributed by atoms with Crippen molar-refractivity contribution in [3.05, 3.63) is 83.4 Å². The summed E-state index contributed by atoms with van der Waals surface area (Å²) in [5.41, 5.74) is 5.61. The molecule has 5 rings (SSSR count). The van der Waals surface area contributed by atoms with E-state index in [4.69, 9.17) is 22.1 Å². The van der Waals surface area contributed by atoms with Crippen LogP contribution in [-0.4, -0.2) is 67.6 Å². The second-order valence-corrected chi connectivity index (χ2v) is 14.9. The van der Waals surface area contributed by atoms with Crippen LogP contribution < -0.4 is 10.5 Å². The van der Waals surface area contributed by atoms with Gasteiger partial charge in [0.15, 0.2) is 0 Å². The lowest BCUT2D eigenvalue weighted by Gasteiger charge is -2.38. The molecule has 3 aromatic rings. The second-order valence-electron chi connectivity index (χ2n) is 12.7. The molecule has 1 atom stereocenters. The minimum atomic E-state index is -5.82. The van der Waals surface area contributed by atoms with Crippen LogP contribution in [0.5, 0.6) is 5.75 Å². The number of carbonyl (C=O) groups is 2. The maximum atomic E-state index is 17.0. The van der Waals surface area contributed by atoms with Gasteiger partial charge in [-0.3, -0.25) is 4.79 Å². The number of sulfonamides is 1. The topological polar surface area (TPSA) is 119 Å². The minimum Gasteiger partial charge on any atom is -0.493 e. The first kappa shape index (κ1) is 38.4. The predicted molar refractivity (Wildman–Crippen MR) is 178 cm³/mol. The molecule has 1 aliphatic heterocycles. The predicted octanol–water partition coefficient (Wildman–Crippen LogP) is 7.09. The Hall–Kier alpha value is -3.79. The standard InChI is InChI=1S/C35H37ClF5N3O6S/c36-27-11-9-24(10-12-27)25-7-4-8-26(21-25)34(37,38)31(32(45)43-19-17-28(42)18-20-43)44(50-33(46)35(39,40)41)51(47,48)30-15-13-29(14-16-30)49-22-23-5-2-1-3-6-23/h4,7-16,21,23,28,31H,1-3,5-6,17-20,22,42H2/t31-/m1/s1. The number of hydroxylamine groups is 1. The van der Waals surface area contributed by atoms with Gasteiger partial charge < -0.3 is 20.2 Å². The fourth-order valence-corrected chi connectivity index (χ4v) is 7.61. The zero-order chi connectivity index (χ0) is 37.0. The highest BCUT2D eigenvalue weighted by atomic mass is 35.5. The van der Waals surface area contributed by atoms with E-state index >= 15 is 8.78 Å². The molecule has 1 heterocycles. The van der Waals surface area contributed by atoms with Crippen molar-refractivity contribution in [3.8, 4) is 16.9 Å². The molecule has 9 nitrogen and oxygen atoms in total. The number of alkyl halides is 5. The van der Waals surface area contributed by atoms with Crippen molar-refractivity contribution in [2.24, 2.45) is 11.7 Å². The van der Waals surface area contributed by atoms with E-state index < -0.39 is 61.0 Å². The lowest BCUT2D eigenvalue weighted by molar-refractivity contribution is -0.239. The number of amides is 1. The lowest BCUT2D eigenvalue weighted by Crippen LogP contribution is -2.60. The Balaban J connectivity index is 1.57. The van der Waals surface area contributed by atoms with Gasteiger partial charge in [-0.15, -0.1) is 0 Å². The van der Waals surface area contributed by atoms with E-state index in [0.717, 1.165) is 61.3 Å². The minimum absolute atomic E-state index is 0.146. The number of ether oxygens (including phenoxy) is 1. The summed E-state index contributed by atoms with van der Waals surface area (Å²) >= 11 is 5.96. The number of rotatable bonds is 11. The summed E-state index contributed by atoms with van der Waals surface area (Å²) < 4.78 is 108. The fourth-order valence-electron chi connectivity index (χ4n) is 6.13. The van der Waals surface area contributed by atoms with E-state index in [2.05, 4.69) is 4.84 Å². The second kappa shape index (κ2) is 15.8. The molecule has 2 N–H and O–H groups in total. The summed E-state index contributed by atoms with van der Waals surface area (Å²) in [6, 6.07) is 11.1. The fraction of sp³-hybridized carbons (Fsp3) is 0.429. The van der Waals surface area contributed by atoms with Gasteiger partial charge in [0.2, 0.25) is 6.04 Å². The van der Waals surface area contributed by atoms with Gasteiger partial charge in [-0.05, 0) is 89.7 Å². The van der Waals surface area contributed by atoms with Crippen molar-refractivity contribution in [1.82, 2.24) is 9.37 Å². The van der Waals surface area contributed by atoms with Gasteiger partial charge >= 0.3 is 18.1 Å². The van der Waals surface area contributed by atoms with Crippen molar-refractivity contribution < 1.29 is 49.5 Å². The number of halogens is 6. The van der Waals surface area contributed by atoms with Crippen molar-refractivity contribution >= 4 is 33.5 Å². The first-order valence-corrected chi connectivity index (χ1v) is 18.2. The molecular formula is C35H37ClF5N3O6S. The molecular weight excluding hydrogens is 721 g/mol. The highest BCUT2D eigenvalue weighted by Gasteiger charge is 2.58. The average molecular weight is 758 g/mol. The number of nitrogens with zero attached hydrogens (tertiary/aromatic N) is 2. The molecule has 0 aromatic heterocycles. The van der Waals surface area contributed by atoms with E-state index in [0.29, 0.717) is 17.2 Å². The van der Waals surface area contributed by atoms with E-state index in [9.17, 15) is 31.2 Å². The van der Waals surface area contributed by atoms with Gasteiger partial charge in [0.05, 0.1) is 11.5 Å². The maximum Gasteiger partial charge on any atom is 0.492 e. The van der Waals surface area contributed by atoms with Crippen molar-refractivity contribution in [2.45, 2.75) is 74.0 Å². The Morgan fingerprint density at radius 2 is 1.51 bits per heavy atom. The Bertz CT molecular complexity index is 1780. The number of hydrogen-bond acceptors (Lipinski definition) is 7. The van der Waals surface area contributed by atoms with E-state index in [-0.39, 0.29) is 43.2 Å². The van der Waals surface area contributed by atoms with Gasteiger partial charge in [0.1, 0.15) is 5.75 Å². The highest BCUT2D eigenvalue weighted by molar-refractivity contribution is 7.89. The molecule has 3 aromatic carbocycles. The molecule has 0 bridgehead atoms. The van der Waals surface area contributed by atoms with Crippen LogP contribution >= 0.6 is 11.6 Å². The first-order chi connectivity index (χ1) is 24.1. The van der Waals surface area contributed by atoms with Crippen LogP contribution in [-0.2, 0) is 30.4 Å². The van der Waals surface area contributed by atoms with Gasteiger partial charge in [0, 0.05) is 29.7 Å². The van der Waals surface area contributed by atoms with Crippen molar-refractivity contribution in [1.29, 1.82) is 0 Å². The van der Waals surface area contributed by atoms with Crippen LogP contribution in [0.4, 0.5) is 22.0 Å². The molecule has 16 heteroatoms. The molecule has 0 spiro atoms. The summed E-state index contributed by atoms with van der Waals surface area (Å²) in [7, 11) is -5.59. The Morgan fingerprint density at radius 1 is 0.882 bits per heavy atom. The third-order valence-electron chi connectivity index (χ3n) is 9.04. The van der Waals surface area contributed by atoms with Crippen LogP contribution in [0.1, 0.15) is 50.5 Å². The van der Waals surface area contributed by atoms with Crippen LogP contribution in [0.25, 0.3) is 11.1 Å². The van der Waals surface area contributed by atoms with Gasteiger partial charge in [0.25, 0.3) is 15.9 Å². The molecule has 1 aliphatic carbocycles. The summed E-state index contributed by atoms with van der Waals surface area (Å²) in [6.45, 7) is -0.0597.